The van der Waals surface area contributed by atoms with E-state index in [9.17, 15) is 4.79 Å². The SMILES string of the molecule is Cc1nc(N2CCCC2)cc(N2CCN(C(=O)c3ccccc3)CC2)n1. The van der Waals surface area contributed by atoms with E-state index < -0.39 is 0 Å². The minimum atomic E-state index is 0.113. The minimum absolute atomic E-state index is 0.113. The van der Waals surface area contributed by atoms with Crippen molar-refractivity contribution < 1.29 is 4.79 Å². The molecule has 3 heterocycles. The van der Waals surface area contributed by atoms with Gasteiger partial charge in [-0.1, -0.05) is 18.2 Å². The molecular formula is C20H25N5O. The van der Waals surface area contributed by atoms with Crippen LogP contribution in [0.2, 0.25) is 0 Å². The highest BCUT2D eigenvalue weighted by Crippen LogP contribution is 2.23. The lowest BCUT2D eigenvalue weighted by atomic mass is 10.2. The Bertz CT molecular complexity index is 765. The average Bonchev–Trinajstić information content (AvgIpc) is 3.23. The van der Waals surface area contributed by atoms with E-state index in [2.05, 4.69) is 25.8 Å². The number of anilines is 2. The predicted octanol–water partition coefficient (Wildman–Crippen LogP) is 2.35. The van der Waals surface area contributed by atoms with Crippen molar-refractivity contribution in [3.63, 3.8) is 0 Å². The van der Waals surface area contributed by atoms with Crippen LogP contribution in [-0.4, -0.2) is 60.0 Å². The summed E-state index contributed by atoms with van der Waals surface area (Å²) in [5.74, 6) is 2.94. The van der Waals surface area contributed by atoms with Crippen LogP contribution in [0.25, 0.3) is 0 Å². The molecule has 1 amide bonds. The fourth-order valence-electron chi connectivity index (χ4n) is 3.71. The standard InChI is InChI=1S/C20H25N5O/c1-16-21-18(23-9-5-6-10-23)15-19(22-16)24-11-13-25(14-12-24)20(26)17-7-3-2-4-8-17/h2-4,7-8,15H,5-6,9-14H2,1H3. The molecule has 0 aliphatic carbocycles. The van der Waals surface area contributed by atoms with Crippen LogP contribution in [0.3, 0.4) is 0 Å². The van der Waals surface area contributed by atoms with Crippen LogP contribution in [0.15, 0.2) is 36.4 Å². The first-order valence-electron chi connectivity index (χ1n) is 9.40. The molecule has 0 N–H and O–H groups in total. The lowest BCUT2D eigenvalue weighted by Gasteiger charge is -2.35. The molecule has 0 spiro atoms. The first-order valence-corrected chi connectivity index (χ1v) is 9.40. The van der Waals surface area contributed by atoms with Gasteiger partial charge in [0.05, 0.1) is 0 Å². The molecule has 2 aliphatic heterocycles. The van der Waals surface area contributed by atoms with Gasteiger partial charge in [-0.25, -0.2) is 9.97 Å². The van der Waals surface area contributed by atoms with Crippen molar-refractivity contribution in [2.24, 2.45) is 0 Å². The largest absolute Gasteiger partial charge is 0.356 e. The summed E-state index contributed by atoms with van der Waals surface area (Å²) in [5, 5.41) is 0. The van der Waals surface area contributed by atoms with E-state index in [1.165, 1.54) is 12.8 Å². The quantitative estimate of drug-likeness (QED) is 0.850. The maximum absolute atomic E-state index is 12.6. The lowest BCUT2D eigenvalue weighted by molar-refractivity contribution is 0.0746. The Morgan fingerprint density at radius 1 is 0.846 bits per heavy atom. The minimum Gasteiger partial charge on any atom is -0.356 e. The zero-order valence-corrected chi connectivity index (χ0v) is 15.3. The number of benzene rings is 1. The smallest absolute Gasteiger partial charge is 0.253 e. The molecule has 1 aromatic carbocycles. The third-order valence-corrected chi connectivity index (χ3v) is 5.15. The Morgan fingerprint density at radius 3 is 2.04 bits per heavy atom. The number of carbonyl (C=O) groups excluding carboxylic acids is 1. The number of rotatable bonds is 3. The van der Waals surface area contributed by atoms with Crippen LogP contribution >= 0.6 is 0 Å². The average molecular weight is 351 g/mol. The normalized spacial score (nSPS) is 17.7. The maximum Gasteiger partial charge on any atom is 0.253 e. The number of aryl methyl sites for hydroxylation is 1. The number of hydrogen-bond donors (Lipinski definition) is 0. The summed E-state index contributed by atoms with van der Waals surface area (Å²) in [5.41, 5.74) is 0.759. The number of aromatic nitrogens is 2. The number of piperazine rings is 1. The predicted molar refractivity (Wildman–Crippen MR) is 103 cm³/mol. The van der Waals surface area contributed by atoms with Gasteiger partial charge in [0.1, 0.15) is 17.5 Å². The molecule has 2 saturated heterocycles. The van der Waals surface area contributed by atoms with Gasteiger partial charge in [0, 0.05) is 50.9 Å². The summed E-state index contributed by atoms with van der Waals surface area (Å²) in [6, 6.07) is 11.6. The van der Waals surface area contributed by atoms with E-state index in [0.717, 1.165) is 62.3 Å². The van der Waals surface area contributed by atoms with Crippen LogP contribution in [0, 0.1) is 6.92 Å². The van der Waals surface area contributed by atoms with Crippen molar-refractivity contribution in [3.05, 3.63) is 47.8 Å². The van der Waals surface area contributed by atoms with Crippen LogP contribution in [-0.2, 0) is 0 Å². The number of nitrogens with zero attached hydrogens (tertiary/aromatic N) is 5. The number of amides is 1. The topological polar surface area (TPSA) is 52.6 Å². The Kier molecular flexibility index (Phi) is 4.73. The molecule has 4 rings (SSSR count). The zero-order chi connectivity index (χ0) is 17.9. The summed E-state index contributed by atoms with van der Waals surface area (Å²) in [7, 11) is 0. The number of carbonyl (C=O) groups is 1. The summed E-state index contributed by atoms with van der Waals surface area (Å²) >= 11 is 0. The fourth-order valence-corrected chi connectivity index (χ4v) is 3.71. The molecule has 0 unspecified atom stereocenters. The molecule has 0 radical (unpaired) electrons. The summed E-state index contributed by atoms with van der Waals surface area (Å²) in [6.45, 7) is 7.15. The maximum atomic E-state index is 12.6. The van der Waals surface area contributed by atoms with Gasteiger partial charge in [-0.05, 0) is 31.9 Å². The summed E-state index contributed by atoms with van der Waals surface area (Å²) in [4.78, 5) is 28.4. The second kappa shape index (κ2) is 7.32. The highest BCUT2D eigenvalue weighted by atomic mass is 16.2. The highest BCUT2D eigenvalue weighted by Gasteiger charge is 2.24. The van der Waals surface area contributed by atoms with E-state index in [0.29, 0.717) is 0 Å². The third-order valence-electron chi connectivity index (χ3n) is 5.15. The van der Waals surface area contributed by atoms with Crippen molar-refractivity contribution in [2.75, 3.05) is 49.1 Å². The molecule has 0 bridgehead atoms. The van der Waals surface area contributed by atoms with Gasteiger partial charge >= 0.3 is 0 Å². The molecule has 2 aliphatic rings. The van der Waals surface area contributed by atoms with E-state index in [1.807, 2.05) is 42.2 Å². The Labute approximate surface area is 154 Å². The molecule has 0 saturated carbocycles. The van der Waals surface area contributed by atoms with E-state index in [1.54, 1.807) is 0 Å². The highest BCUT2D eigenvalue weighted by molar-refractivity contribution is 5.94. The van der Waals surface area contributed by atoms with Crippen LogP contribution in [0.5, 0.6) is 0 Å². The molecule has 0 atom stereocenters. The molecule has 6 heteroatoms. The monoisotopic (exact) mass is 351 g/mol. The first kappa shape index (κ1) is 16.8. The molecule has 136 valence electrons. The Morgan fingerprint density at radius 2 is 1.42 bits per heavy atom. The molecular weight excluding hydrogens is 326 g/mol. The van der Waals surface area contributed by atoms with Crippen LogP contribution in [0.1, 0.15) is 29.0 Å². The molecule has 1 aromatic heterocycles. The van der Waals surface area contributed by atoms with Crippen LogP contribution in [0.4, 0.5) is 11.6 Å². The molecule has 26 heavy (non-hydrogen) atoms. The van der Waals surface area contributed by atoms with Crippen molar-refractivity contribution in [3.8, 4) is 0 Å². The van der Waals surface area contributed by atoms with Crippen molar-refractivity contribution in [2.45, 2.75) is 19.8 Å². The van der Waals surface area contributed by atoms with E-state index >= 15 is 0 Å². The zero-order valence-electron chi connectivity index (χ0n) is 15.3. The van der Waals surface area contributed by atoms with E-state index in [4.69, 9.17) is 0 Å². The van der Waals surface area contributed by atoms with Gasteiger partial charge in [0.25, 0.3) is 5.91 Å². The van der Waals surface area contributed by atoms with Crippen molar-refractivity contribution >= 4 is 17.5 Å². The Balaban J connectivity index is 1.44. The fraction of sp³-hybridized carbons (Fsp3) is 0.450. The van der Waals surface area contributed by atoms with Gasteiger partial charge in [0.2, 0.25) is 0 Å². The van der Waals surface area contributed by atoms with Crippen molar-refractivity contribution in [1.82, 2.24) is 14.9 Å². The second-order valence-corrected chi connectivity index (χ2v) is 6.97. The summed E-state index contributed by atoms with van der Waals surface area (Å²) in [6.07, 6.45) is 2.47. The van der Waals surface area contributed by atoms with Gasteiger partial charge in [-0.2, -0.15) is 0 Å². The van der Waals surface area contributed by atoms with Gasteiger partial charge in [0.15, 0.2) is 0 Å². The van der Waals surface area contributed by atoms with Gasteiger partial charge in [-0.15, -0.1) is 0 Å². The van der Waals surface area contributed by atoms with Gasteiger partial charge in [-0.3, -0.25) is 4.79 Å². The lowest BCUT2D eigenvalue weighted by Crippen LogP contribution is -2.49. The number of hydrogen-bond acceptors (Lipinski definition) is 5. The Hall–Kier alpha value is -2.63. The molecule has 2 aromatic rings. The molecule has 2 fully saturated rings. The third kappa shape index (κ3) is 3.49. The van der Waals surface area contributed by atoms with Crippen LogP contribution < -0.4 is 9.80 Å². The second-order valence-electron chi connectivity index (χ2n) is 6.97. The van der Waals surface area contributed by atoms with Crippen molar-refractivity contribution in [1.29, 1.82) is 0 Å². The van der Waals surface area contributed by atoms with Gasteiger partial charge < -0.3 is 14.7 Å². The molecule has 6 nitrogen and oxygen atoms in total. The van der Waals surface area contributed by atoms with E-state index in [-0.39, 0.29) is 5.91 Å². The first-order chi connectivity index (χ1) is 12.7. The summed E-state index contributed by atoms with van der Waals surface area (Å²) < 4.78 is 0.